The van der Waals surface area contributed by atoms with Crippen LogP contribution < -0.4 is 4.74 Å². The fraction of sp³-hybridized carbons (Fsp3) is 0.222. The van der Waals surface area contributed by atoms with Crippen LogP contribution in [0.15, 0.2) is 18.2 Å². The Morgan fingerprint density at radius 3 is 2.83 bits per heavy atom. The van der Waals surface area contributed by atoms with Gasteiger partial charge < -0.3 is 4.74 Å². The molecule has 1 rings (SSSR count). The maximum absolute atomic E-state index is 10.5. The lowest BCUT2D eigenvalue weighted by Gasteiger charge is -2.01. The fourth-order valence-corrected chi connectivity index (χ4v) is 0.912. The van der Waals surface area contributed by atoms with Crippen molar-refractivity contribution in [1.82, 2.24) is 0 Å². The number of hydrogen-bond donors (Lipinski definition) is 0. The van der Waals surface area contributed by atoms with Gasteiger partial charge in [-0.1, -0.05) is 6.07 Å². The van der Waals surface area contributed by atoms with Crippen molar-refractivity contribution in [2.45, 2.75) is 6.61 Å². The standard InChI is InChI=1S/C9H8NO2/c1-12-9-3-2-7(6-11)8(4-9)5-10/h2-4H,6H2,1H3. The van der Waals surface area contributed by atoms with Crippen LogP contribution in [0.2, 0.25) is 0 Å². The van der Waals surface area contributed by atoms with Crippen LogP contribution in [0.25, 0.3) is 0 Å². The van der Waals surface area contributed by atoms with Crippen molar-refractivity contribution in [1.29, 1.82) is 5.26 Å². The predicted molar refractivity (Wildman–Crippen MR) is 42.1 cm³/mol. The first-order valence-corrected chi connectivity index (χ1v) is 3.47. The molecule has 0 aliphatic rings. The zero-order valence-corrected chi connectivity index (χ0v) is 6.70. The van der Waals surface area contributed by atoms with E-state index in [4.69, 9.17) is 10.00 Å². The highest BCUT2D eigenvalue weighted by molar-refractivity contribution is 5.42. The van der Waals surface area contributed by atoms with Crippen molar-refractivity contribution in [2.24, 2.45) is 0 Å². The SMILES string of the molecule is COc1ccc(C[O])c(C#N)c1. The van der Waals surface area contributed by atoms with E-state index in [1.54, 1.807) is 18.2 Å². The number of hydrogen-bond acceptors (Lipinski definition) is 2. The van der Waals surface area contributed by atoms with Gasteiger partial charge in [0.25, 0.3) is 0 Å². The first-order chi connectivity index (χ1) is 5.81. The normalized spacial score (nSPS) is 9.08. The molecule has 0 unspecified atom stereocenters. The van der Waals surface area contributed by atoms with Crippen LogP contribution in [-0.4, -0.2) is 7.11 Å². The van der Waals surface area contributed by atoms with E-state index in [2.05, 4.69) is 0 Å². The Hall–Kier alpha value is -1.53. The molecular formula is C9H8NO2. The van der Waals surface area contributed by atoms with Crippen LogP contribution in [0.3, 0.4) is 0 Å². The molecule has 0 N–H and O–H groups in total. The Morgan fingerprint density at radius 2 is 2.33 bits per heavy atom. The van der Waals surface area contributed by atoms with Gasteiger partial charge in [0, 0.05) is 0 Å². The summed E-state index contributed by atoms with van der Waals surface area (Å²) in [4.78, 5) is 0. The van der Waals surface area contributed by atoms with Crippen molar-refractivity contribution in [3.8, 4) is 11.8 Å². The van der Waals surface area contributed by atoms with Gasteiger partial charge in [-0.15, -0.1) is 0 Å². The van der Waals surface area contributed by atoms with Gasteiger partial charge in [-0.2, -0.15) is 5.26 Å². The molecule has 0 amide bonds. The Kier molecular flexibility index (Phi) is 2.67. The Balaban J connectivity index is 3.13. The van der Waals surface area contributed by atoms with E-state index in [9.17, 15) is 5.11 Å². The summed E-state index contributed by atoms with van der Waals surface area (Å²) in [6, 6.07) is 6.79. The third-order valence-corrected chi connectivity index (χ3v) is 1.59. The van der Waals surface area contributed by atoms with Gasteiger partial charge in [-0.25, -0.2) is 5.11 Å². The van der Waals surface area contributed by atoms with Crippen molar-refractivity contribution >= 4 is 0 Å². The minimum absolute atomic E-state index is 0.368. The number of methoxy groups -OCH3 is 1. The van der Waals surface area contributed by atoms with Gasteiger partial charge in [0.2, 0.25) is 0 Å². The van der Waals surface area contributed by atoms with Crippen LogP contribution in [0.4, 0.5) is 0 Å². The molecule has 0 atom stereocenters. The van der Waals surface area contributed by atoms with Gasteiger partial charge in [0.1, 0.15) is 12.4 Å². The molecule has 61 valence electrons. The first kappa shape index (κ1) is 8.57. The maximum Gasteiger partial charge on any atom is 0.120 e. The predicted octanol–water partition coefficient (Wildman–Crippen LogP) is 1.50. The van der Waals surface area contributed by atoms with E-state index in [1.807, 2.05) is 6.07 Å². The minimum atomic E-state index is -0.368. The smallest absolute Gasteiger partial charge is 0.120 e. The van der Waals surface area contributed by atoms with Crippen molar-refractivity contribution < 1.29 is 9.84 Å². The van der Waals surface area contributed by atoms with E-state index in [-0.39, 0.29) is 6.61 Å². The molecule has 3 nitrogen and oxygen atoms in total. The summed E-state index contributed by atoms with van der Waals surface area (Å²) in [5.41, 5.74) is 0.905. The van der Waals surface area contributed by atoms with E-state index in [1.165, 1.54) is 7.11 Å². The number of rotatable bonds is 2. The zero-order chi connectivity index (χ0) is 8.97. The van der Waals surface area contributed by atoms with Crippen molar-refractivity contribution in [3.05, 3.63) is 29.3 Å². The van der Waals surface area contributed by atoms with E-state index in [0.29, 0.717) is 16.9 Å². The van der Waals surface area contributed by atoms with Crippen molar-refractivity contribution in [2.75, 3.05) is 7.11 Å². The summed E-state index contributed by atoms with van der Waals surface area (Å²) in [6.45, 7) is -0.368. The lowest BCUT2D eigenvalue weighted by atomic mass is 10.1. The minimum Gasteiger partial charge on any atom is -0.497 e. The zero-order valence-electron chi connectivity index (χ0n) is 6.70. The Labute approximate surface area is 70.8 Å². The summed E-state index contributed by atoms with van der Waals surface area (Å²) in [6.07, 6.45) is 0. The van der Waals surface area contributed by atoms with Gasteiger partial charge in [-0.3, -0.25) is 0 Å². The number of ether oxygens (including phenoxy) is 1. The van der Waals surface area contributed by atoms with Crippen LogP contribution in [0.5, 0.6) is 5.75 Å². The van der Waals surface area contributed by atoms with E-state index >= 15 is 0 Å². The largest absolute Gasteiger partial charge is 0.497 e. The molecule has 0 fully saturated rings. The summed E-state index contributed by atoms with van der Waals surface area (Å²) in [5, 5.41) is 19.1. The maximum atomic E-state index is 10.5. The van der Waals surface area contributed by atoms with Crippen LogP contribution in [0, 0.1) is 11.3 Å². The summed E-state index contributed by atoms with van der Waals surface area (Å²) in [7, 11) is 1.52. The molecule has 0 aromatic heterocycles. The second kappa shape index (κ2) is 3.74. The molecule has 0 bridgehead atoms. The Morgan fingerprint density at radius 1 is 1.58 bits per heavy atom. The van der Waals surface area contributed by atoms with E-state index in [0.717, 1.165) is 0 Å². The van der Waals surface area contributed by atoms with Crippen molar-refractivity contribution in [3.63, 3.8) is 0 Å². The lowest BCUT2D eigenvalue weighted by Crippen LogP contribution is -1.90. The second-order valence-corrected chi connectivity index (χ2v) is 2.28. The monoisotopic (exact) mass is 162 g/mol. The summed E-state index contributed by atoms with van der Waals surface area (Å²) >= 11 is 0. The molecule has 0 spiro atoms. The number of benzene rings is 1. The third kappa shape index (κ3) is 1.55. The second-order valence-electron chi connectivity index (χ2n) is 2.28. The highest BCUT2D eigenvalue weighted by Crippen LogP contribution is 2.16. The molecule has 3 heteroatoms. The molecule has 1 aromatic carbocycles. The molecule has 0 aliphatic heterocycles. The number of nitriles is 1. The van der Waals surface area contributed by atoms with Gasteiger partial charge in [-0.05, 0) is 17.7 Å². The average Bonchev–Trinajstić information content (AvgIpc) is 2.16. The highest BCUT2D eigenvalue weighted by atomic mass is 16.5. The molecule has 1 aromatic rings. The highest BCUT2D eigenvalue weighted by Gasteiger charge is 2.02. The molecular weight excluding hydrogens is 154 g/mol. The molecule has 0 heterocycles. The lowest BCUT2D eigenvalue weighted by molar-refractivity contribution is 0.177. The topological polar surface area (TPSA) is 52.9 Å². The van der Waals surface area contributed by atoms with Crippen LogP contribution >= 0.6 is 0 Å². The van der Waals surface area contributed by atoms with Gasteiger partial charge >= 0.3 is 0 Å². The Bertz CT molecular complexity index is 315. The summed E-state index contributed by atoms with van der Waals surface area (Å²) < 4.78 is 4.90. The summed E-state index contributed by atoms with van der Waals surface area (Å²) in [5.74, 6) is 0.601. The average molecular weight is 162 g/mol. The van der Waals surface area contributed by atoms with Crippen LogP contribution in [-0.2, 0) is 11.7 Å². The number of nitrogens with zero attached hydrogens (tertiary/aromatic N) is 1. The fourth-order valence-electron chi connectivity index (χ4n) is 0.912. The van der Waals surface area contributed by atoms with E-state index < -0.39 is 0 Å². The first-order valence-electron chi connectivity index (χ1n) is 3.47. The molecule has 0 aliphatic carbocycles. The molecule has 1 radical (unpaired) electrons. The molecule has 0 saturated heterocycles. The molecule has 12 heavy (non-hydrogen) atoms. The molecule has 0 saturated carbocycles. The van der Waals surface area contributed by atoms with Gasteiger partial charge in [0.15, 0.2) is 0 Å². The quantitative estimate of drug-likeness (QED) is 0.661. The van der Waals surface area contributed by atoms with Gasteiger partial charge in [0.05, 0.1) is 18.7 Å². The third-order valence-electron chi connectivity index (χ3n) is 1.59. The van der Waals surface area contributed by atoms with Crippen LogP contribution in [0.1, 0.15) is 11.1 Å².